The van der Waals surface area contributed by atoms with Crippen molar-refractivity contribution in [2.75, 3.05) is 5.32 Å². The number of hydrogen-bond acceptors (Lipinski definition) is 3. The monoisotopic (exact) mass is 424 g/mol. The van der Waals surface area contributed by atoms with E-state index in [9.17, 15) is 14.4 Å². The second-order valence-corrected chi connectivity index (χ2v) is 8.49. The zero-order chi connectivity index (χ0) is 17.9. The van der Waals surface area contributed by atoms with E-state index in [1.807, 2.05) is 0 Å². The van der Waals surface area contributed by atoms with Crippen molar-refractivity contribution in [3.63, 3.8) is 0 Å². The van der Waals surface area contributed by atoms with Crippen molar-refractivity contribution in [1.82, 2.24) is 4.90 Å². The first-order chi connectivity index (χ1) is 11.9. The Morgan fingerprint density at radius 3 is 2.40 bits per heavy atom. The Kier molecular flexibility index (Phi) is 4.15. The summed E-state index contributed by atoms with van der Waals surface area (Å²) in [7, 11) is 0. The third kappa shape index (κ3) is 2.61. The molecule has 0 spiro atoms. The van der Waals surface area contributed by atoms with Gasteiger partial charge in [-0.25, -0.2) is 0 Å². The zero-order valence-corrected chi connectivity index (χ0v) is 16.0. The lowest BCUT2D eigenvalue weighted by molar-refractivity contribution is -0.146. The maximum Gasteiger partial charge on any atom is 0.247 e. The molecule has 1 aromatic rings. The molecule has 3 fully saturated rings. The van der Waals surface area contributed by atoms with Crippen molar-refractivity contribution in [3.8, 4) is 0 Å². The van der Waals surface area contributed by atoms with Gasteiger partial charge in [-0.2, -0.15) is 0 Å². The van der Waals surface area contributed by atoms with Gasteiger partial charge in [-0.15, -0.1) is 0 Å². The van der Waals surface area contributed by atoms with Crippen molar-refractivity contribution < 1.29 is 14.4 Å². The largest absolute Gasteiger partial charge is 0.324 e. The predicted octanol–water partition coefficient (Wildman–Crippen LogP) is 3.46. The fourth-order valence-corrected chi connectivity index (χ4v) is 5.18. The Hall–Kier alpha value is -1.40. The van der Waals surface area contributed by atoms with Crippen molar-refractivity contribution in [1.29, 1.82) is 0 Å². The molecule has 1 aromatic carbocycles. The quantitative estimate of drug-likeness (QED) is 0.754. The zero-order valence-electron chi connectivity index (χ0n) is 13.7. The molecule has 1 N–H and O–H groups in total. The third-order valence-corrected chi connectivity index (χ3v) is 7.15. The van der Waals surface area contributed by atoms with Crippen LogP contribution in [0.25, 0.3) is 0 Å². The van der Waals surface area contributed by atoms with Crippen LogP contribution in [0.2, 0.25) is 5.02 Å². The topological polar surface area (TPSA) is 66.5 Å². The summed E-state index contributed by atoms with van der Waals surface area (Å²) in [6, 6.07) is 4.24. The maximum atomic E-state index is 12.8. The maximum absolute atomic E-state index is 12.8. The van der Waals surface area contributed by atoms with Gasteiger partial charge in [0.1, 0.15) is 6.04 Å². The van der Waals surface area contributed by atoms with Crippen LogP contribution in [0.3, 0.4) is 0 Å². The number of rotatable bonds is 3. The average Bonchev–Trinajstić information content (AvgIpc) is 3.24. The second kappa shape index (κ2) is 6.09. The number of carbonyl (C=O) groups excluding carboxylic acids is 3. The molecule has 5 atom stereocenters. The summed E-state index contributed by atoms with van der Waals surface area (Å²) in [5.74, 6) is -0.494. The minimum Gasteiger partial charge on any atom is -0.324 e. The highest BCUT2D eigenvalue weighted by molar-refractivity contribution is 9.10. The minimum atomic E-state index is -0.826. The van der Waals surface area contributed by atoms with Crippen LogP contribution in [0, 0.1) is 23.7 Å². The number of likely N-dealkylation sites (tertiary alicyclic amines) is 1. The normalized spacial score (nSPS) is 31.4. The Morgan fingerprint density at radius 2 is 1.84 bits per heavy atom. The molecule has 5 nitrogen and oxygen atoms in total. The van der Waals surface area contributed by atoms with E-state index in [1.165, 1.54) is 4.90 Å². The number of benzene rings is 1. The van der Waals surface area contributed by atoms with Crippen LogP contribution in [-0.4, -0.2) is 28.7 Å². The molecule has 0 unspecified atom stereocenters. The van der Waals surface area contributed by atoms with Crippen LogP contribution in [0.15, 0.2) is 22.7 Å². The molecule has 0 radical (unpaired) electrons. The Morgan fingerprint density at radius 1 is 1.24 bits per heavy atom. The molecule has 25 heavy (non-hydrogen) atoms. The van der Waals surface area contributed by atoms with Gasteiger partial charge in [-0.05, 0) is 72.2 Å². The van der Waals surface area contributed by atoms with E-state index in [4.69, 9.17) is 11.6 Å². The number of imide groups is 1. The number of amides is 3. The van der Waals surface area contributed by atoms with Gasteiger partial charge >= 0.3 is 0 Å². The van der Waals surface area contributed by atoms with Crippen molar-refractivity contribution in [3.05, 3.63) is 27.7 Å². The van der Waals surface area contributed by atoms with Gasteiger partial charge in [-0.3, -0.25) is 19.3 Å². The molecular formula is C18H18BrClN2O3. The Bertz CT molecular complexity index is 756. The van der Waals surface area contributed by atoms with E-state index in [1.54, 1.807) is 25.1 Å². The number of fused-ring (bicyclic) bond motifs is 5. The molecule has 1 heterocycles. The van der Waals surface area contributed by atoms with E-state index < -0.39 is 6.04 Å². The molecule has 2 aliphatic carbocycles. The fourth-order valence-electron chi connectivity index (χ4n) is 4.75. The van der Waals surface area contributed by atoms with E-state index in [-0.39, 0.29) is 29.6 Å². The number of halogens is 2. The Labute approximate surface area is 159 Å². The van der Waals surface area contributed by atoms with Crippen LogP contribution in [0.1, 0.15) is 26.2 Å². The van der Waals surface area contributed by atoms with E-state index >= 15 is 0 Å². The fraction of sp³-hybridized carbons (Fsp3) is 0.500. The van der Waals surface area contributed by atoms with E-state index in [2.05, 4.69) is 21.2 Å². The van der Waals surface area contributed by atoms with Crippen LogP contribution in [-0.2, 0) is 14.4 Å². The van der Waals surface area contributed by atoms with Gasteiger partial charge < -0.3 is 5.32 Å². The molecular weight excluding hydrogens is 408 g/mol. The summed E-state index contributed by atoms with van der Waals surface area (Å²) in [5, 5.41) is 3.22. The van der Waals surface area contributed by atoms with Crippen LogP contribution < -0.4 is 5.32 Å². The molecule has 132 valence electrons. The lowest BCUT2D eigenvalue weighted by Gasteiger charge is -2.23. The van der Waals surface area contributed by atoms with Gasteiger partial charge in [0.05, 0.1) is 16.9 Å². The van der Waals surface area contributed by atoms with E-state index in [0.29, 0.717) is 22.5 Å². The lowest BCUT2D eigenvalue weighted by Crippen LogP contribution is -2.46. The number of nitrogens with one attached hydrogen (secondary N) is 1. The number of anilines is 1. The Balaban J connectivity index is 1.51. The standard InChI is InChI=1S/C18H18BrClN2O3/c1-8(16(23)21-11-4-5-12(19)13(20)7-11)22-17(24)14-9-2-3-10(6-9)15(14)18(22)25/h4-5,7-10,14-15H,2-3,6H2,1H3,(H,21,23)/t8-,9+,10+,14+,15+/m1/s1. The highest BCUT2D eigenvalue weighted by atomic mass is 79.9. The first-order valence-electron chi connectivity index (χ1n) is 8.51. The summed E-state index contributed by atoms with van der Waals surface area (Å²) in [6.45, 7) is 1.61. The average molecular weight is 426 g/mol. The highest BCUT2D eigenvalue weighted by Gasteiger charge is 2.62. The molecule has 1 aliphatic heterocycles. The number of nitrogens with zero attached hydrogens (tertiary/aromatic N) is 1. The molecule has 2 bridgehead atoms. The van der Waals surface area contributed by atoms with Gasteiger partial charge in [0, 0.05) is 10.2 Å². The molecule has 0 aromatic heterocycles. The predicted molar refractivity (Wildman–Crippen MR) is 96.9 cm³/mol. The molecule has 3 amide bonds. The first kappa shape index (κ1) is 17.0. The van der Waals surface area contributed by atoms with Crippen LogP contribution in [0.5, 0.6) is 0 Å². The van der Waals surface area contributed by atoms with Gasteiger partial charge in [-0.1, -0.05) is 11.6 Å². The minimum absolute atomic E-state index is 0.168. The van der Waals surface area contributed by atoms with Crippen molar-refractivity contribution >= 4 is 50.9 Å². The highest BCUT2D eigenvalue weighted by Crippen LogP contribution is 2.56. The summed E-state index contributed by atoms with van der Waals surface area (Å²) in [4.78, 5) is 39.3. The van der Waals surface area contributed by atoms with E-state index in [0.717, 1.165) is 23.7 Å². The molecule has 4 rings (SSSR count). The number of carbonyl (C=O) groups is 3. The van der Waals surface area contributed by atoms with Crippen LogP contribution in [0.4, 0.5) is 5.69 Å². The summed E-state index contributed by atoms with van der Waals surface area (Å²) < 4.78 is 0.730. The molecule has 1 saturated heterocycles. The SMILES string of the molecule is C[C@H](C(=O)Nc1ccc(Br)c(Cl)c1)N1C(=O)[C@H]2[C@H]3CC[C@@H](C3)[C@@H]2C1=O. The molecule has 3 aliphatic rings. The summed E-state index contributed by atoms with van der Waals surface area (Å²) in [6.07, 6.45) is 3.03. The van der Waals surface area contributed by atoms with Gasteiger partial charge in [0.25, 0.3) is 0 Å². The lowest BCUT2D eigenvalue weighted by atomic mass is 9.81. The number of hydrogen-bond donors (Lipinski definition) is 1. The van der Waals surface area contributed by atoms with Crippen molar-refractivity contribution in [2.24, 2.45) is 23.7 Å². The smallest absolute Gasteiger partial charge is 0.247 e. The molecule has 2 saturated carbocycles. The van der Waals surface area contributed by atoms with Crippen LogP contribution >= 0.6 is 27.5 Å². The van der Waals surface area contributed by atoms with Crippen molar-refractivity contribution in [2.45, 2.75) is 32.2 Å². The first-order valence-corrected chi connectivity index (χ1v) is 9.68. The third-order valence-electron chi connectivity index (χ3n) is 5.92. The molecule has 7 heteroatoms. The van der Waals surface area contributed by atoms with Gasteiger partial charge in [0.2, 0.25) is 17.7 Å². The summed E-state index contributed by atoms with van der Waals surface area (Å²) >= 11 is 9.33. The summed E-state index contributed by atoms with van der Waals surface area (Å²) in [5.41, 5.74) is 0.532. The second-order valence-electron chi connectivity index (χ2n) is 7.23. The van der Waals surface area contributed by atoms with Gasteiger partial charge in [0.15, 0.2) is 0 Å².